The minimum absolute atomic E-state index is 0.0962. The maximum atomic E-state index is 13.7. The number of hydrogen-bond donors (Lipinski definition) is 6. The monoisotopic (exact) mass is 762 g/mol. The molecule has 2 atom stereocenters. The van der Waals surface area contributed by atoms with Crippen LogP contribution in [-0.4, -0.2) is 72.8 Å². The number of carboxylic acids is 2. The van der Waals surface area contributed by atoms with E-state index in [0.717, 1.165) is 75.8 Å². The van der Waals surface area contributed by atoms with Gasteiger partial charge in [0, 0.05) is 37.6 Å². The number of pyridine rings is 2. The zero-order chi connectivity index (χ0) is 39.9. The molecule has 0 radical (unpaired) electrons. The second-order valence-electron chi connectivity index (χ2n) is 15.2. The molecule has 2 fully saturated rings. The van der Waals surface area contributed by atoms with E-state index in [4.69, 9.17) is 10.2 Å². The minimum Gasteiger partial charge on any atom is -0.481 e. The number of aromatic nitrogens is 2. The predicted molar refractivity (Wildman–Crippen MR) is 211 cm³/mol. The molecule has 56 heavy (non-hydrogen) atoms. The van der Waals surface area contributed by atoms with Crippen LogP contribution in [0.3, 0.4) is 0 Å². The first-order chi connectivity index (χ1) is 26.9. The molecule has 2 aromatic heterocycles. The van der Waals surface area contributed by atoms with E-state index >= 15 is 0 Å². The van der Waals surface area contributed by atoms with Crippen LogP contribution in [0.15, 0.2) is 60.9 Å². The molecule has 6 rings (SSSR count). The standard InChI is InChI=1S/C44H50N4O8/c1-25-29(16-41(51)39-19-37(28-14-15-28)31(23-46-39)21-45-24-33(50)18-43(54)55)6-4-9-34(25)35-10-5-11-38(26(35)2)48-44(56)40-20-36(27-12-13-27)30(22-47-40)7-3-8-32(49)17-42(52)53/h4-6,9-11,19-20,22-23,27-28,32-33,45,49-50H,3,7-8,12-18,21,24H2,1-2H3,(H,48,56)(H,52,53)(H,54,55)/t32-,33+/m1/s1. The quantitative estimate of drug-likeness (QED) is 0.0555. The Morgan fingerprint density at radius 1 is 0.750 bits per heavy atom. The number of Topliss-reactive ketones (excluding diaryl/α,β-unsaturated/α-hetero) is 1. The molecule has 2 aliphatic carbocycles. The summed E-state index contributed by atoms with van der Waals surface area (Å²) in [7, 11) is 0. The Morgan fingerprint density at radius 2 is 1.34 bits per heavy atom. The van der Waals surface area contributed by atoms with Gasteiger partial charge in [-0.2, -0.15) is 0 Å². The second kappa shape index (κ2) is 18.1. The van der Waals surface area contributed by atoms with Gasteiger partial charge in [-0.1, -0.05) is 30.3 Å². The van der Waals surface area contributed by atoms with Crippen LogP contribution in [0.5, 0.6) is 0 Å². The number of anilines is 1. The van der Waals surface area contributed by atoms with Gasteiger partial charge in [0.25, 0.3) is 5.91 Å². The Labute approximate surface area is 326 Å². The highest BCUT2D eigenvalue weighted by atomic mass is 16.4. The highest BCUT2D eigenvalue weighted by Gasteiger charge is 2.29. The van der Waals surface area contributed by atoms with Crippen LogP contribution >= 0.6 is 0 Å². The smallest absolute Gasteiger partial charge is 0.306 e. The molecule has 12 heteroatoms. The van der Waals surface area contributed by atoms with Crippen LogP contribution in [0.4, 0.5) is 5.69 Å². The first-order valence-corrected chi connectivity index (χ1v) is 19.4. The molecule has 2 heterocycles. The van der Waals surface area contributed by atoms with E-state index in [9.17, 15) is 29.4 Å². The number of aryl methyl sites for hydroxylation is 1. The third kappa shape index (κ3) is 10.5. The minimum atomic E-state index is -1.06. The van der Waals surface area contributed by atoms with Crippen molar-refractivity contribution in [1.82, 2.24) is 15.3 Å². The van der Waals surface area contributed by atoms with E-state index in [2.05, 4.69) is 20.6 Å². The summed E-state index contributed by atoms with van der Waals surface area (Å²) in [6.45, 7) is 4.51. The maximum absolute atomic E-state index is 13.7. The van der Waals surface area contributed by atoms with Crippen molar-refractivity contribution in [2.75, 3.05) is 11.9 Å². The third-order valence-electron chi connectivity index (χ3n) is 10.8. The van der Waals surface area contributed by atoms with Crippen LogP contribution in [0.25, 0.3) is 11.1 Å². The molecule has 0 saturated heterocycles. The van der Waals surface area contributed by atoms with Crippen molar-refractivity contribution in [1.29, 1.82) is 0 Å². The van der Waals surface area contributed by atoms with Crippen molar-refractivity contribution >= 4 is 29.3 Å². The van der Waals surface area contributed by atoms with Crippen LogP contribution in [0.1, 0.15) is 123 Å². The summed E-state index contributed by atoms with van der Waals surface area (Å²) >= 11 is 0. The number of carbonyl (C=O) groups is 4. The SMILES string of the molecule is Cc1c(CC(=O)c2cc(C3CC3)c(CNC[C@@H](O)CC(=O)O)cn2)cccc1-c1cccc(NC(=O)c2cc(C3CC3)c(CCC[C@@H](O)CC(=O)O)cn2)c1C. The van der Waals surface area contributed by atoms with Crippen LogP contribution in [-0.2, 0) is 29.0 Å². The number of aliphatic hydroxyl groups excluding tert-OH is 2. The van der Waals surface area contributed by atoms with E-state index in [0.29, 0.717) is 54.7 Å². The van der Waals surface area contributed by atoms with Gasteiger partial charge in [-0.15, -0.1) is 0 Å². The zero-order valence-corrected chi connectivity index (χ0v) is 31.9. The molecular formula is C44H50N4O8. The molecule has 6 N–H and O–H groups in total. The highest BCUT2D eigenvalue weighted by molar-refractivity contribution is 6.04. The maximum Gasteiger partial charge on any atom is 0.306 e. The number of rotatable bonds is 20. The summed E-state index contributed by atoms with van der Waals surface area (Å²) in [6, 6.07) is 15.4. The Balaban J connectivity index is 1.13. The number of aliphatic hydroxyl groups is 2. The number of nitrogens with zero attached hydrogens (tertiary/aromatic N) is 2. The van der Waals surface area contributed by atoms with Gasteiger partial charge in [-0.05, 0) is 139 Å². The zero-order valence-electron chi connectivity index (χ0n) is 31.9. The van der Waals surface area contributed by atoms with Crippen molar-refractivity contribution in [3.8, 4) is 11.1 Å². The van der Waals surface area contributed by atoms with E-state index in [1.165, 1.54) is 0 Å². The number of amides is 1. The molecular weight excluding hydrogens is 713 g/mol. The van der Waals surface area contributed by atoms with E-state index < -0.39 is 24.1 Å². The number of aliphatic carboxylic acids is 2. The number of carbonyl (C=O) groups excluding carboxylic acids is 2. The normalized spacial score (nSPS) is 14.9. The van der Waals surface area contributed by atoms with Gasteiger partial charge in [0.15, 0.2) is 5.78 Å². The van der Waals surface area contributed by atoms with Crippen molar-refractivity contribution in [3.05, 3.63) is 111 Å². The molecule has 294 valence electrons. The Bertz CT molecular complexity index is 1960. The number of ketones is 1. The Kier molecular flexibility index (Phi) is 13.0. The highest BCUT2D eigenvalue weighted by Crippen LogP contribution is 2.43. The summed E-state index contributed by atoms with van der Waals surface area (Å²) in [6.07, 6.45) is 6.91. The number of hydrogen-bond acceptors (Lipinski definition) is 9. The lowest BCUT2D eigenvalue weighted by atomic mass is 9.90. The van der Waals surface area contributed by atoms with Gasteiger partial charge in [0.05, 0.1) is 25.0 Å². The fourth-order valence-corrected chi connectivity index (χ4v) is 7.34. The van der Waals surface area contributed by atoms with E-state index in [1.54, 1.807) is 12.4 Å². The van der Waals surface area contributed by atoms with Gasteiger partial charge < -0.3 is 31.1 Å². The van der Waals surface area contributed by atoms with Crippen molar-refractivity contribution in [2.45, 2.75) is 109 Å². The number of benzene rings is 2. The Hall–Kier alpha value is -5.30. The van der Waals surface area contributed by atoms with E-state index in [-0.39, 0.29) is 37.5 Å². The van der Waals surface area contributed by atoms with Crippen molar-refractivity contribution in [3.63, 3.8) is 0 Å². The van der Waals surface area contributed by atoms with Crippen LogP contribution in [0, 0.1) is 13.8 Å². The summed E-state index contributed by atoms with van der Waals surface area (Å²) in [5.41, 5.74) is 10.1. The molecule has 4 aromatic rings. The summed E-state index contributed by atoms with van der Waals surface area (Å²) in [5.74, 6) is -1.77. The van der Waals surface area contributed by atoms with Gasteiger partial charge in [0.2, 0.25) is 0 Å². The number of nitrogens with one attached hydrogen (secondary N) is 2. The Morgan fingerprint density at radius 3 is 2.02 bits per heavy atom. The van der Waals surface area contributed by atoms with Crippen LogP contribution < -0.4 is 10.6 Å². The van der Waals surface area contributed by atoms with Gasteiger partial charge >= 0.3 is 11.9 Å². The summed E-state index contributed by atoms with van der Waals surface area (Å²) in [5, 5.41) is 43.9. The van der Waals surface area contributed by atoms with Crippen molar-refractivity contribution in [2.24, 2.45) is 0 Å². The summed E-state index contributed by atoms with van der Waals surface area (Å²) < 4.78 is 0. The second-order valence-corrected chi connectivity index (χ2v) is 15.2. The average Bonchev–Trinajstić information content (AvgIpc) is 4.08. The molecule has 0 spiro atoms. The van der Waals surface area contributed by atoms with Gasteiger partial charge in [0.1, 0.15) is 11.4 Å². The van der Waals surface area contributed by atoms with Crippen LogP contribution in [0.2, 0.25) is 0 Å². The number of carboxylic acid groups (broad SMARTS) is 2. The lowest BCUT2D eigenvalue weighted by Gasteiger charge is -2.17. The largest absolute Gasteiger partial charge is 0.481 e. The third-order valence-corrected chi connectivity index (χ3v) is 10.8. The lowest BCUT2D eigenvalue weighted by Crippen LogP contribution is -2.28. The average molecular weight is 763 g/mol. The summed E-state index contributed by atoms with van der Waals surface area (Å²) in [4.78, 5) is 58.0. The van der Waals surface area contributed by atoms with Gasteiger partial charge in [-0.3, -0.25) is 29.1 Å². The van der Waals surface area contributed by atoms with Gasteiger partial charge in [-0.25, -0.2) is 0 Å². The molecule has 0 aliphatic heterocycles. The molecule has 12 nitrogen and oxygen atoms in total. The molecule has 1 amide bonds. The molecule has 2 saturated carbocycles. The predicted octanol–water partition coefficient (Wildman–Crippen LogP) is 6.28. The first kappa shape index (κ1) is 40.4. The molecule has 0 unspecified atom stereocenters. The molecule has 2 aromatic carbocycles. The first-order valence-electron chi connectivity index (χ1n) is 19.4. The molecule has 2 aliphatic rings. The topological polar surface area (TPSA) is 199 Å². The fraction of sp³-hybridized carbons (Fsp3) is 0.409. The lowest BCUT2D eigenvalue weighted by molar-refractivity contribution is -0.140. The van der Waals surface area contributed by atoms with E-state index in [1.807, 2.05) is 62.4 Å². The molecule has 0 bridgehead atoms. The van der Waals surface area contributed by atoms with Crippen molar-refractivity contribution < 1.29 is 39.6 Å². The fourth-order valence-electron chi connectivity index (χ4n) is 7.34.